The summed E-state index contributed by atoms with van der Waals surface area (Å²) in [7, 11) is 0. The van der Waals surface area contributed by atoms with E-state index in [4.69, 9.17) is 9.47 Å². The summed E-state index contributed by atoms with van der Waals surface area (Å²) in [6.07, 6.45) is 2.03. The Morgan fingerprint density at radius 2 is 2.00 bits per heavy atom. The summed E-state index contributed by atoms with van der Waals surface area (Å²) in [4.78, 5) is 4.66. The van der Waals surface area contributed by atoms with Gasteiger partial charge < -0.3 is 13.9 Å². The number of hydrogen-bond donors (Lipinski definition) is 0. The molecule has 2 aromatic heterocycles. The van der Waals surface area contributed by atoms with Crippen LogP contribution in [-0.4, -0.2) is 16.2 Å². The molecule has 20 heavy (non-hydrogen) atoms. The lowest BCUT2D eigenvalue weighted by Crippen LogP contribution is -1.92. The van der Waals surface area contributed by atoms with Gasteiger partial charge in [-0.2, -0.15) is 0 Å². The first-order valence-corrected chi connectivity index (χ1v) is 7.06. The van der Waals surface area contributed by atoms with E-state index in [0.717, 1.165) is 38.6 Å². The van der Waals surface area contributed by atoms with Crippen molar-refractivity contribution in [3.8, 4) is 22.8 Å². The summed E-state index contributed by atoms with van der Waals surface area (Å²) >= 11 is 3.54. The van der Waals surface area contributed by atoms with Crippen LogP contribution >= 0.6 is 15.9 Å². The number of imidazole rings is 1. The molecule has 0 amide bonds. The zero-order chi connectivity index (χ0) is 13.7. The monoisotopic (exact) mass is 330 g/mol. The minimum atomic E-state index is 0.288. The van der Waals surface area contributed by atoms with Crippen LogP contribution in [0.2, 0.25) is 0 Å². The fourth-order valence-electron chi connectivity index (χ4n) is 2.36. The van der Waals surface area contributed by atoms with Gasteiger partial charge in [0.25, 0.3) is 0 Å². The Morgan fingerprint density at radius 1 is 1.15 bits per heavy atom. The molecule has 1 aromatic carbocycles. The van der Waals surface area contributed by atoms with E-state index in [1.165, 1.54) is 0 Å². The second-order valence-corrected chi connectivity index (χ2v) is 5.54. The second kappa shape index (κ2) is 4.24. The first kappa shape index (κ1) is 11.8. The number of aryl methyl sites for hydroxylation is 1. The van der Waals surface area contributed by atoms with Crippen LogP contribution < -0.4 is 9.47 Å². The van der Waals surface area contributed by atoms with Crippen molar-refractivity contribution in [3.05, 3.63) is 46.7 Å². The van der Waals surface area contributed by atoms with Gasteiger partial charge in [0.2, 0.25) is 6.79 Å². The van der Waals surface area contributed by atoms with Crippen molar-refractivity contribution in [2.24, 2.45) is 0 Å². The average Bonchev–Trinajstić information content (AvgIpc) is 3.08. The normalized spacial score (nSPS) is 13.1. The lowest BCUT2D eigenvalue weighted by molar-refractivity contribution is 0.174. The minimum absolute atomic E-state index is 0.288. The Hall–Kier alpha value is -2.01. The van der Waals surface area contributed by atoms with Crippen LogP contribution in [0.3, 0.4) is 0 Å². The van der Waals surface area contributed by atoms with E-state index < -0.39 is 0 Å². The van der Waals surface area contributed by atoms with E-state index in [1.807, 2.05) is 36.5 Å². The van der Waals surface area contributed by atoms with Crippen LogP contribution in [-0.2, 0) is 0 Å². The highest BCUT2D eigenvalue weighted by molar-refractivity contribution is 9.10. The van der Waals surface area contributed by atoms with Crippen molar-refractivity contribution in [1.82, 2.24) is 9.38 Å². The Balaban J connectivity index is 1.88. The summed E-state index contributed by atoms with van der Waals surface area (Å²) in [6, 6.07) is 9.90. The van der Waals surface area contributed by atoms with Crippen molar-refractivity contribution in [2.45, 2.75) is 6.92 Å². The predicted octanol–water partition coefficient (Wildman–Crippen LogP) is 3.80. The van der Waals surface area contributed by atoms with Crippen LogP contribution in [0.1, 0.15) is 5.69 Å². The lowest BCUT2D eigenvalue weighted by Gasteiger charge is -2.00. The zero-order valence-corrected chi connectivity index (χ0v) is 12.3. The van der Waals surface area contributed by atoms with Gasteiger partial charge in [0.15, 0.2) is 11.5 Å². The molecule has 4 nitrogen and oxygen atoms in total. The van der Waals surface area contributed by atoms with Gasteiger partial charge in [0.05, 0.1) is 5.69 Å². The summed E-state index contributed by atoms with van der Waals surface area (Å²) in [5.41, 5.74) is 4.00. The Labute approximate surface area is 124 Å². The van der Waals surface area contributed by atoms with Gasteiger partial charge in [-0.05, 0) is 53.2 Å². The van der Waals surface area contributed by atoms with Crippen molar-refractivity contribution in [3.63, 3.8) is 0 Å². The molecule has 0 bridgehead atoms. The SMILES string of the molecule is Cc1c(Br)ccc2nc(-c3ccc4c(c3)OCO4)cn12. The molecule has 4 rings (SSSR count). The van der Waals surface area contributed by atoms with E-state index in [9.17, 15) is 0 Å². The zero-order valence-electron chi connectivity index (χ0n) is 10.8. The quantitative estimate of drug-likeness (QED) is 0.680. The van der Waals surface area contributed by atoms with E-state index in [0.29, 0.717) is 0 Å². The second-order valence-electron chi connectivity index (χ2n) is 4.69. The van der Waals surface area contributed by atoms with E-state index >= 15 is 0 Å². The standard InChI is InChI=1S/C15H11BrN2O2/c1-9-11(16)3-5-15-17-12(7-18(9)15)10-2-4-13-14(6-10)20-8-19-13/h2-7H,8H2,1H3. The fraction of sp³-hybridized carbons (Fsp3) is 0.133. The molecule has 0 unspecified atom stereocenters. The number of pyridine rings is 1. The van der Waals surface area contributed by atoms with Gasteiger partial charge in [-0.3, -0.25) is 0 Å². The van der Waals surface area contributed by atoms with Crippen LogP contribution in [0.4, 0.5) is 0 Å². The van der Waals surface area contributed by atoms with Gasteiger partial charge in [-0.15, -0.1) is 0 Å². The molecule has 0 N–H and O–H groups in total. The smallest absolute Gasteiger partial charge is 0.231 e. The molecule has 5 heteroatoms. The lowest BCUT2D eigenvalue weighted by atomic mass is 10.1. The topological polar surface area (TPSA) is 35.8 Å². The predicted molar refractivity (Wildman–Crippen MR) is 79.2 cm³/mol. The third kappa shape index (κ3) is 1.70. The third-order valence-corrected chi connectivity index (χ3v) is 4.33. The maximum absolute atomic E-state index is 5.41. The molecule has 3 aromatic rings. The van der Waals surface area contributed by atoms with Crippen molar-refractivity contribution < 1.29 is 9.47 Å². The summed E-state index contributed by atoms with van der Waals surface area (Å²) in [5.74, 6) is 1.56. The first-order chi connectivity index (χ1) is 9.72. The molecule has 0 saturated heterocycles. The molecular formula is C15H11BrN2O2. The maximum atomic E-state index is 5.41. The number of halogens is 1. The van der Waals surface area contributed by atoms with Gasteiger partial charge >= 0.3 is 0 Å². The van der Waals surface area contributed by atoms with Gasteiger partial charge in [0, 0.05) is 21.9 Å². The van der Waals surface area contributed by atoms with E-state index in [-0.39, 0.29) is 6.79 Å². The molecule has 1 aliphatic rings. The Kier molecular flexibility index (Phi) is 2.50. The number of ether oxygens (including phenoxy) is 2. The van der Waals surface area contributed by atoms with Gasteiger partial charge in [-0.1, -0.05) is 0 Å². The fourth-order valence-corrected chi connectivity index (χ4v) is 2.68. The highest BCUT2D eigenvalue weighted by Crippen LogP contribution is 2.35. The molecular weight excluding hydrogens is 320 g/mol. The van der Waals surface area contributed by atoms with Crippen LogP contribution in [0.15, 0.2) is 41.0 Å². The number of nitrogens with zero attached hydrogens (tertiary/aromatic N) is 2. The highest BCUT2D eigenvalue weighted by atomic mass is 79.9. The molecule has 0 saturated carbocycles. The molecule has 0 radical (unpaired) electrons. The average molecular weight is 331 g/mol. The molecule has 1 aliphatic heterocycles. The van der Waals surface area contributed by atoms with Crippen LogP contribution in [0, 0.1) is 6.92 Å². The first-order valence-electron chi connectivity index (χ1n) is 6.26. The number of fused-ring (bicyclic) bond motifs is 2. The molecule has 100 valence electrons. The molecule has 0 atom stereocenters. The number of benzene rings is 1. The highest BCUT2D eigenvalue weighted by Gasteiger charge is 2.15. The minimum Gasteiger partial charge on any atom is -0.454 e. The number of rotatable bonds is 1. The molecule has 0 fully saturated rings. The van der Waals surface area contributed by atoms with Crippen molar-refractivity contribution >= 4 is 21.6 Å². The van der Waals surface area contributed by atoms with Crippen molar-refractivity contribution in [1.29, 1.82) is 0 Å². The molecule has 3 heterocycles. The van der Waals surface area contributed by atoms with Crippen LogP contribution in [0.25, 0.3) is 16.9 Å². The van der Waals surface area contributed by atoms with Crippen molar-refractivity contribution in [2.75, 3.05) is 6.79 Å². The number of aromatic nitrogens is 2. The Morgan fingerprint density at radius 3 is 2.90 bits per heavy atom. The van der Waals surface area contributed by atoms with Gasteiger partial charge in [-0.25, -0.2) is 4.98 Å². The van der Waals surface area contributed by atoms with Gasteiger partial charge in [0.1, 0.15) is 5.65 Å². The summed E-state index contributed by atoms with van der Waals surface area (Å²) in [6.45, 7) is 2.35. The third-order valence-electron chi connectivity index (χ3n) is 3.49. The molecule has 0 spiro atoms. The number of hydrogen-bond acceptors (Lipinski definition) is 3. The molecule has 0 aliphatic carbocycles. The van der Waals surface area contributed by atoms with E-state index in [1.54, 1.807) is 0 Å². The largest absolute Gasteiger partial charge is 0.454 e. The van der Waals surface area contributed by atoms with Crippen LogP contribution in [0.5, 0.6) is 11.5 Å². The Bertz CT molecular complexity index is 826. The van der Waals surface area contributed by atoms with E-state index in [2.05, 4.69) is 32.2 Å². The summed E-state index contributed by atoms with van der Waals surface area (Å²) < 4.78 is 13.9. The maximum Gasteiger partial charge on any atom is 0.231 e. The summed E-state index contributed by atoms with van der Waals surface area (Å²) in [5, 5.41) is 0.